The number of nitrogens with zero attached hydrogens (tertiary/aromatic N) is 2. The van der Waals surface area contributed by atoms with Gasteiger partial charge in [0.1, 0.15) is 12.3 Å². The van der Waals surface area contributed by atoms with Crippen molar-refractivity contribution in [2.45, 2.75) is 44.2 Å². The van der Waals surface area contributed by atoms with E-state index in [9.17, 15) is 4.79 Å². The van der Waals surface area contributed by atoms with Gasteiger partial charge < -0.3 is 25.0 Å². The molecule has 2 N–H and O–H groups in total. The SMILES string of the molecule is CC(NC(=NCC(=O)N(C)C)NCC1CCCCO1)C1COc2ccccc21. The lowest BCUT2D eigenvalue weighted by atomic mass is 9.94. The van der Waals surface area contributed by atoms with Crippen LogP contribution in [-0.2, 0) is 9.53 Å². The smallest absolute Gasteiger partial charge is 0.243 e. The molecule has 3 atom stereocenters. The summed E-state index contributed by atoms with van der Waals surface area (Å²) < 4.78 is 11.6. The minimum atomic E-state index is -0.0304. The molecule has 3 rings (SSSR count). The van der Waals surface area contributed by atoms with Crippen molar-refractivity contribution in [2.75, 3.05) is 40.4 Å². The maximum Gasteiger partial charge on any atom is 0.243 e. The zero-order chi connectivity index (χ0) is 19.9. The zero-order valence-corrected chi connectivity index (χ0v) is 17.1. The normalized spacial score (nSPS) is 22.8. The van der Waals surface area contributed by atoms with Crippen molar-refractivity contribution < 1.29 is 14.3 Å². The van der Waals surface area contributed by atoms with Crippen LogP contribution in [0.25, 0.3) is 0 Å². The van der Waals surface area contributed by atoms with E-state index < -0.39 is 0 Å². The summed E-state index contributed by atoms with van der Waals surface area (Å²) >= 11 is 0. The van der Waals surface area contributed by atoms with Crippen LogP contribution in [0.4, 0.5) is 0 Å². The third-order valence-electron chi connectivity index (χ3n) is 5.35. The molecule has 1 aromatic rings. The van der Waals surface area contributed by atoms with Crippen LogP contribution in [0.5, 0.6) is 5.75 Å². The van der Waals surface area contributed by atoms with Gasteiger partial charge >= 0.3 is 0 Å². The molecule has 1 aromatic carbocycles. The van der Waals surface area contributed by atoms with Gasteiger partial charge in [-0.2, -0.15) is 0 Å². The van der Waals surface area contributed by atoms with Gasteiger partial charge in [0.15, 0.2) is 5.96 Å². The van der Waals surface area contributed by atoms with Crippen LogP contribution in [0.15, 0.2) is 29.3 Å². The average molecular weight is 389 g/mol. The third kappa shape index (κ3) is 5.38. The molecule has 1 amide bonds. The van der Waals surface area contributed by atoms with Gasteiger partial charge in [0.05, 0.1) is 12.7 Å². The van der Waals surface area contributed by atoms with Gasteiger partial charge in [-0.3, -0.25) is 4.79 Å². The van der Waals surface area contributed by atoms with E-state index in [1.165, 1.54) is 12.0 Å². The number of fused-ring (bicyclic) bond motifs is 1. The number of benzene rings is 1. The summed E-state index contributed by atoms with van der Waals surface area (Å²) in [6.45, 7) is 4.38. The number of aliphatic imine (C=N–C) groups is 1. The summed E-state index contributed by atoms with van der Waals surface area (Å²) in [6.07, 6.45) is 3.57. The topological polar surface area (TPSA) is 75.2 Å². The van der Waals surface area contributed by atoms with Crippen molar-refractivity contribution in [1.82, 2.24) is 15.5 Å². The van der Waals surface area contributed by atoms with Crippen LogP contribution < -0.4 is 15.4 Å². The minimum Gasteiger partial charge on any atom is -0.493 e. The van der Waals surface area contributed by atoms with Crippen molar-refractivity contribution in [3.8, 4) is 5.75 Å². The van der Waals surface area contributed by atoms with Crippen LogP contribution in [0.3, 0.4) is 0 Å². The summed E-state index contributed by atoms with van der Waals surface area (Å²) in [7, 11) is 3.48. The summed E-state index contributed by atoms with van der Waals surface area (Å²) in [4.78, 5) is 18.0. The molecule has 7 nitrogen and oxygen atoms in total. The standard InChI is InChI=1S/C21H32N4O3/c1-15(18-14-28-19-10-5-4-9-17(18)19)24-21(23-13-20(26)25(2)3)22-12-16-8-6-7-11-27-16/h4-5,9-10,15-16,18H,6-8,11-14H2,1-3H3,(H2,22,23,24). The Morgan fingerprint density at radius 2 is 2.14 bits per heavy atom. The zero-order valence-electron chi connectivity index (χ0n) is 17.1. The highest BCUT2D eigenvalue weighted by atomic mass is 16.5. The second kappa shape index (κ2) is 9.78. The lowest BCUT2D eigenvalue weighted by Crippen LogP contribution is -2.48. The van der Waals surface area contributed by atoms with E-state index in [1.807, 2.05) is 18.2 Å². The largest absolute Gasteiger partial charge is 0.493 e. The number of hydrogen-bond acceptors (Lipinski definition) is 4. The van der Waals surface area contributed by atoms with Crippen LogP contribution in [0, 0.1) is 0 Å². The van der Waals surface area contributed by atoms with Crippen molar-refractivity contribution in [3.05, 3.63) is 29.8 Å². The highest BCUT2D eigenvalue weighted by molar-refractivity contribution is 5.85. The molecule has 1 saturated heterocycles. The van der Waals surface area contributed by atoms with Crippen molar-refractivity contribution in [1.29, 1.82) is 0 Å². The summed E-state index contributed by atoms with van der Waals surface area (Å²) in [5.41, 5.74) is 1.21. The maximum atomic E-state index is 12.0. The number of ether oxygens (including phenoxy) is 2. The summed E-state index contributed by atoms with van der Waals surface area (Å²) in [6, 6.07) is 8.25. The van der Waals surface area contributed by atoms with Gasteiger partial charge in [0, 0.05) is 44.8 Å². The number of likely N-dealkylation sites (N-methyl/N-ethyl adjacent to an activating group) is 1. The fourth-order valence-electron chi connectivity index (χ4n) is 3.54. The van der Waals surface area contributed by atoms with Gasteiger partial charge in [-0.05, 0) is 32.3 Å². The maximum absolute atomic E-state index is 12.0. The Kier molecular flexibility index (Phi) is 7.14. The fraction of sp³-hybridized carbons (Fsp3) is 0.619. The Bertz CT molecular complexity index is 686. The number of nitrogens with one attached hydrogen (secondary N) is 2. The molecule has 0 bridgehead atoms. The van der Waals surface area contributed by atoms with Crippen LogP contribution in [0.1, 0.15) is 37.7 Å². The monoisotopic (exact) mass is 388 g/mol. The van der Waals surface area contributed by atoms with Gasteiger partial charge in [-0.25, -0.2) is 4.99 Å². The Morgan fingerprint density at radius 3 is 2.89 bits per heavy atom. The minimum absolute atomic E-state index is 0.0304. The Morgan fingerprint density at radius 1 is 1.32 bits per heavy atom. The van der Waals surface area contributed by atoms with E-state index in [1.54, 1.807) is 19.0 Å². The molecule has 0 saturated carbocycles. The molecule has 0 aromatic heterocycles. The molecule has 0 spiro atoms. The first-order valence-corrected chi connectivity index (χ1v) is 10.1. The number of hydrogen-bond donors (Lipinski definition) is 2. The van der Waals surface area contributed by atoms with Crippen LogP contribution >= 0.6 is 0 Å². The number of guanidine groups is 1. The van der Waals surface area contributed by atoms with Crippen molar-refractivity contribution in [3.63, 3.8) is 0 Å². The van der Waals surface area contributed by atoms with Gasteiger partial charge in [0.25, 0.3) is 0 Å². The molecule has 2 aliphatic heterocycles. The van der Waals surface area contributed by atoms with E-state index in [4.69, 9.17) is 9.47 Å². The molecular formula is C21H32N4O3. The third-order valence-corrected chi connectivity index (χ3v) is 5.35. The Labute approximate surface area is 167 Å². The molecule has 154 valence electrons. The predicted octanol–water partition coefficient (Wildman–Crippen LogP) is 1.74. The van der Waals surface area contributed by atoms with E-state index in [-0.39, 0.29) is 30.5 Å². The molecule has 7 heteroatoms. The first-order chi connectivity index (χ1) is 13.5. The van der Waals surface area contributed by atoms with Crippen molar-refractivity contribution >= 4 is 11.9 Å². The second-order valence-electron chi connectivity index (χ2n) is 7.71. The molecular weight excluding hydrogens is 356 g/mol. The van der Waals surface area contributed by atoms with Crippen molar-refractivity contribution in [2.24, 2.45) is 4.99 Å². The quantitative estimate of drug-likeness (QED) is 0.574. The number of carbonyl (C=O) groups excluding carboxylic acids is 1. The molecule has 3 unspecified atom stereocenters. The molecule has 2 aliphatic rings. The number of rotatable bonds is 6. The van der Waals surface area contributed by atoms with Crippen LogP contribution in [-0.4, -0.2) is 69.3 Å². The molecule has 0 radical (unpaired) electrons. The number of amides is 1. The Balaban J connectivity index is 1.63. The first kappa shape index (κ1) is 20.5. The molecule has 0 aliphatic carbocycles. The van der Waals surface area contributed by atoms with E-state index in [0.29, 0.717) is 19.1 Å². The highest BCUT2D eigenvalue weighted by Crippen LogP contribution is 2.35. The molecule has 28 heavy (non-hydrogen) atoms. The fourth-order valence-corrected chi connectivity index (χ4v) is 3.54. The average Bonchev–Trinajstić information content (AvgIpc) is 3.14. The first-order valence-electron chi connectivity index (χ1n) is 10.1. The van der Waals surface area contributed by atoms with Gasteiger partial charge in [-0.1, -0.05) is 18.2 Å². The van der Waals surface area contributed by atoms with E-state index in [0.717, 1.165) is 25.2 Å². The number of carbonyl (C=O) groups is 1. The lowest BCUT2D eigenvalue weighted by molar-refractivity contribution is -0.127. The summed E-state index contributed by atoms with van der Waals surface area (Å²) in [5.74, 6) is 1.79. The van der Waals surface area contributed by atoms with Crippen LogP contribution in [0.2, 0.25) is 0 Å². The Hall–Kier alpha value is -2.28. The van der Waals surface area contributed by atoms with E-state index in [2.05, 4.69) is 28.6 Å². The van der Waals surface area contributed by atoms with Gasteiger partial charge in [0.2, 0.25) is 5.91 Å². The van der Waals surface area contributed by atoms with E-state index >= 15 is 0 Å². The second-order valence-corrected chi connectivity index (χ2v) is 7.71. The number of para-hydroxylation sites is 1. The van der Waals surface area contributed by atoms with Gasteiger partial charge in [-0.15, -0.1) is 0 Å². The molecule has 2 heterocycles. The predicted molar refractivity (Wildman–Crippen MR) is 110 cm³/mol. The lowest BCUT2D eigenvalue weighted by Gasteiger charge is -2.26. The highest BCUT2D eigenvalue weighted by Gasteiger charge is 2.29. The summed E-state index contributed by atoms with van der Waals surface area (Å²) in [5, 5.41) is 6.83. The molecule has 1 fully saturated rings.